The molecule has 16 heavy (non-hydrogen) atoms. The van der Waals surface area contributed by atoms with Crippen LogP contribution in [0.1, 0.15) is 0 Å². The molecule has 0 unspecified atom stereocenters. The van der Waals surface area contributed by atoms with Gasteiger partial charge in [0.05, 0.1) is 0 Å². The van der Waals surface area contributed by atoms with Gasteiger partial charge in [-0.1, -0.05) is 0 Å². The number of hydrogen-bond acceptors (Lipinski definition) is 4. The average Bonchev–Trinajstić information content (AvgIpc) is 2.65. The first kappa shape index (κ1) is 10.7. The molecule has 0 radical (unpaired) electrons. The van der Waals surface area contributed by atoms with Gasteiger partial charge in [0.25, 0.3) is 0 Å². The van der Waals surface area contributed by atoms with Crippen LogP contribution in [0, 0.1) is 0 Å². The molecule has 82 valence electrons. The van der Waals surface area contributed by atoms with E-state index in [1.165, 1.54) is 10.9 Å². The highest BCUT2D eigenvalue weighted by atomic mass is 79.9. The monoisotopic (exact) mass is 282 g/mol. The zero-order valence-electron chi connectivity index (χ0n) is 8.04. The van der Waals surface area contributed by atoms with Crippen molar-refractivity contribution in [2.45, 2.75) is 6.54 Å². The summed E-state index contributed by atoms with van der Waals surface area (Å²) >= 11 is 3.29. The lowest BCUT2D eigenvalue weighted by molar-refractivity contribution is -0.137. The zero-order chi connectivity index (χ0) is 11.5. The lowest BCUT2D eigenvalue weighted by atomic mass is 10.3. The van der Waals surface area contributed by atoms with Gasteiger partial charge in [-0.3, -0.25) is 9.78 Å². The molecular weight excluding hydrogens is 276 g/mol. The van der Waals surface area contributed by atoms with Crippen molar-refractivity contribution in [1.82, 2.24) is 19.7 Å². The topological polar surface area (TPSA) is 80.9 Å². The second-order valence-corrected chi connectivity index (χ2v) is 3.98. The summed E-state index contributed by atoms with van der Waals surface area (Å²) in [5.74, 6) is -0.458. The van der Waals surface area contributed by atoms with E-state index in [0.29, 0.717) is 11.4 Å². The number of rotatable bonds is 3. The molecule has 7 heteroatoms. The number of carboxylic acid groups (broad SMARTS) is 1. The van der Waals surface area contributed by atoms with Crippen molar-refractivity contribution in [2.75, 3.05) is 0 Å². The first-order valence-electron chi connectivity index (χ1n) is 4.37. The molecule has 0 amide bonds. The van der Waals surface area contributed by atoms with Crippen molar-refractivity contribution in [2.24, 2.45) is 0 Å². The van der Waals surface area contributed by atoms with Gasteiger partial charge in [-0.15, -0.1) is 10.2 Å². The smallest absolute Gasteiger partial charge is 0.323 e. The van der Waals surface area contributed by atoms with Crippen LogP contribution in [0.3, 0.4) is 0 Å². The van der Waals surface area contributed by atoms with Gasteiger partial charge < -0.3 is 9.67 Å². The Balaban J connectivity index is 2.40. The van der Waals surface area contributed by atoms with Gasteiger partial charge in [-0.2, -0.15) is 0 Å². The number of aliphatic carboxylic acids is 1. The molecule has 0 bridgehead atoms. The van der Waals surface area contributed by atoms with Crippen LogP contribution in [0.15, 0.2) is 29.3 Å². The van der Waals surface area contributed by atoms with E-state index in [4.69, 9.17) is 5.11 Å². The maximum atomic E-state index is 10.6. The number of halogens is 1. The van der Waals surface area contributed by atoms with Gasteiger partial charge in [0.15, 0.2) is 5.82 Å². The Kier molecular flexibility index (Phi) is 2.95. The zero-order valence-corrected chi connectivity index (χ0v) is 9.62. The summed E-state index contributed by atoms with van der Waals surface area (Å²) in [5, 5.41) is 16.3. The minimum atomic E-state index is -0.941. The molecule has 0 aliphatic heterocycles. The minimum absolute atomic E-state index is 0.172. The molecule has 0 atom stereocenters. The maximum Gasteiger partial charge on any atom is 0.323 e. The van der Waals surface area contributed by atoms with E-state index < -0.39 is 5.97 Å². The molecular formula is C9H7BrN4O2. The standard InChI is InChI=1S/C9H7BrN4O2/c10-7-1-6(2-11-3-7)9-13-12-5-14(9)4-8(15)16/h1-3,5H,4H2,(H,15,16). The Hall–Kier alpha value is -1.76. The van der Waals surface area contributed by atoms with Crippen LogP contribution in [0.25, 0.3) is 11.4 Å². The number of pyridine rings is 1. The number of hydrogen-bond donors (Lipinski definition) is 1. The highest BCUT2D eigenvalue weighted by Gasteiger charge is 2.10. The average molecular weight is 283 g/mol. The lowest BCUT2D eigenvalue weighted by Gasteiger charge is -2.03. The minimum Gasteiger partial charge on any atom is -0.480 e. The van der Waals surface area contributed by atoms with Crippen molar-refractivity contribution in [3.8, 4) is 11.4 Å². The van der Waals surface area contributed by atoms with Crippen LogP contribution in [-0.4, -0.2) is 30.8 Å². The van der Waals surface area contributed by atoms with E-state index in [2.05, 4.69) is 31.1 Å². The number of carboxylic acids is 1. The number of carbonyl (C=O) groups is 1. The molecule has 0 aromatic carbocycles. The Morgan fingerprint density at radius 1 is 1.50 bits per heavy atom. The lowest BCUT2D eigenvalue weighted by Crippen LogP contribution is -2.09. The molecule has 1 N–H and O–H groups in total. The molecule has 0 aliphatic rings. The fourth-order valence-corrected chi connectivity index (χ4v) is 1.64. The maximum absolute atomic E-state index is 10.6. The summed E-state index contributed by atoms with van der Waals surface area (Å²) < 4.78 is 2.25. The highest BCUT2D eigenvalue weighted by molar-refractivity contribution is 9.10. The summed E-state index contributed by atoms with van der Waals surface area (Å²) in [4.78, 5) is 14.6. The van der Waals surface area contributed by atoms with Gasteiger partial charge >= 0.3 is 5.97 Å². The fraction of sp³-hybridized carbons (Fsp3) is 0.111. The van der Waals surface area contributed by atoms with Crippen molar-refractivity contribution in [3.63, 3.8) is 0 Å². The van der Waals surface area contributed by atoms with Crippen LogP contribution in [-0.2, 0) is 11.3 Å². The quantitative estimate of drug-likeness (QED) is 0.915. The Labute approximate surface area is 99.1 Å². The molecule has 0 aliphatic carbocycles. The molecule has 0 fully saturated rings. The second-order valence-electron chi connectivity index (χ2n) is 3.07. The number of nitrogens with zero attached hydrogens (tertiary/aromatic N) is 4. The van der Waals surface area contributed by atoms with Crippen molar-refractivity contribution in [1.29, 1.82) is 0 Å². The molecule has 0 saturated carbocycles. The van der Waals surface area contributed by atoms with Crippen LogP contribution in [0.5, 0.6) is 0 Å². The fourth-order valence-electron chi connectivity index (χ4n) is 1.27. The Morgan fingerprint density at radius 2 is 2.31 bits per heavy atom. The van der Waals surface area contributed by atoms with Crippen LogP contribution >= 0.6 is 15.9 Å². The molecule has 6 nitrogen and oxygen atoms in total. The summed E-state index contributed by atoms with van der Waals surface area (Å²) in [6.45, 7) is -0.172. The third kappa shape index (κ3) is 2.25. The Bertz CT molecular complexity index is 526. The van der Waals surface area contributed by atoms with Gasteiger partial charge in [0.2, 0.25) is 0 Å². The molecule has 0 saturated heterocycles. The SMILES string of the molecule is O=C(O)Cn1cnnc1-c1cncc(Br)c1. The summed E-state index contributed by atoms with van der Waals surface area (Å²) in [5.41, 5.74) is 0.716. The van der Waals surface area contributed by atoms with E-state index in [1.807, 2.05) is 0 Å². The molecule has 0 spiro atoms. The summed E-state index contributed by atoms with van der Waals surface area (Å²) in [7, 11) is 0. The van der Waals surface area contributed by atoms with Crippen molar-refractivity contribution < 1.29 is 9.90 Å². The van der Waals surface area contributed by atoms with E-state index in [1.54, 1.807) is 18.5 Å². The van der Waals surface area contributed by atoms with Gasteiger partial charge in [0, 0.05) is 22.4 Å². The molecule has 2 aromatic rings. The van der Waals surface area contributed by atoms with Gasteiger partial charge in [-0.05, 0) is 22.0 Å². The summed E-state index contributed by atoms with van der Waals surface area (Å²) in [6.07, 6.45) is 4.62. The third-order valence-corrected chi connectivity index (χ3v) is 2.32. The molecule has 2 heterocycles. The predicted octanol–water partition coefficient (Wildman–Crippen LogP) is 1.19. The Morgan fingerprint density at radius 3 is 3.00 bits per heavy atom. The van der Waals surface area contributed by atoms with E-state index in [-0.39, 0.29) is 6.54 Å². The van der Waals surface area contributed by atoms with Crippen LogP contribution in [0.4, 0.5) is 0 Å². The largest absolute Gasteiger partial charge is 0.480 e. The van der Waals surface area contributed by atoms with Gasteiger partial charge in [-0.25, -0.2) is 0 Å². The first-order valence-corrected chi connectivity index (χ1v) is 5.16. The second kappa shape index (κ2) is 4.40. The first-order chi connectivity index (χ1) is 7.66. The third-order valence-electron chi connectivity index (χ3n) is 1.88. The molecule has 2 aromatic heterocycles. The summed E-state index contributed by atoms with van der Waals surface area (Å²) in [6, 6.07) is 1.80. The predicted molar refractivity (Wildman–Crippen MR) is 58.6 cm³/mol. The normalized spacial score (nSPS) is 10.3. The number of aromatic nitrogens is 4. The van der Waals surface area contributed by atoms with E-state index >= 15 is 0 Å². The van der Waals surface area contributed by atoms with Gasteiger partial charge in [0.1, 0.15) is 12.9 Å². The van der Waals surface area contributed by atoms with E-state index in [9.17, 15) is 4.79 Å². The highest BCUT2D eigenvalue weighted by Crippen LogP contribution is 2.19. The van der Waals surface area contributed by atoms with Crippen LogP contribution < -0.4 is 0 Å². The van der Waals surface area contributed by atoms with Crippen molar-refractivity contribution >= 4 is 21.9 Å². The molecule has 2 rings (SSSR count). The van der Waals surface area contributed by atoms with Crippen molar-refractivity contribution in [3.05, 3.63) is 29.3 Å². The van der Waals surface area contributed by atoms with E-state index in [0.717, 1.165) is 4.47 Å². The van der Waals surface area contributed by atoms with Crippen LogP contribution in [0.2, 0.25) is 0 Å².